The van der Waals surface area contributed by atoms with E-state index in [1.165, 1.54) is 103 Å². The molecular weight excluding hydrogens is 312 g/mol. The molecule has 0 aromatic heterocycles. The van der Waals surface area contributed by atoms with E-state index in [1.807, 2.05) is 18.2 Å². The minimum atomic E-state index is 1.04. The Bertz CT molecular complexity index is 448. The van der Waals surface area contributed by atoms with Gasteiger partial charge in [-0.25, -0.2) is 0 Å². The van der Waals surface area contributed by atoms with Gasteiger partial charge >= 0.3 is 0 Å². The normalized spacial score (nSPS) is 10.5. The highest BCUT2D eigenvalue weighted by molar-refractivity contribution is 5.32. The van der Waals surface area contributed by atoms with Gasteiger partial charge in [-0.3, -0.25) is 0 Å². The lowest BCUT2D eigenvalue weighted by Crippen LogP contribution is -1.83. The summed E-state index contributed by atoms with van der Waals surface area (Å²) in [5.74, 6) is 6.50. The Balaban J connectivity index is 1.74. The number of rotatable bonds is 16. The molecule has 0 atom stereocenters. The lowest BCUT2D eigenvalue weighted by atomic mass is 10.0. The molecule has 0 amide bonds. The van der Waals surface area contributed by atoms with Crippen molar-refractivity contribution < 1.29 is 0 Å². The molecule has 0 aliphatic carbocycles. The van der Waals surface area contributed by atoms with E-state index in [0.29, 0.717) is 0 Å². The van der Waals surface area contributed by atoms with Crippen LogP contribution in [-0.2, 0) is 0 Å². The van der Waals surface area contributed by atoms with Crippen LogP contribution in [0, 0.1) is 17.9 Å². The first-order chi connectivity index (χ1) is 12.9. The third-order valence-corrected chi connectivity index (χ3v) is 5.10. The second kappa shape index (κ2) is 18.6. The molecule has 1 aromatic rings. The van der Waals surface area contributed by atoms with Crippen LogP contribution in [0.15, 0.2) is 24.3 Å². The zero-order valence-corrected chi connectivity index (χ0v) is 17.3. The fourth-order valence-corrected chi connectivity index (χ4v) is 3.40. The molecule has 0 saturated carbocycles. The van der Waals surface area contributed by atoms with Gasteiger partial charge in [-0.1, -0.05) is 127 Å². The monoisotopic (exact) mass is 353 g/mol. The van der Waals surface area contributed by atoms with E-state index in [4.69, 9.17) is 0 Å². The molecule has 1 aromatic carbocycles. The Morgan fingerprint density at radius 1 is 0.692 bits per heavy atom. The van der Waals surface area contributed by atoms with Crippen molar-refractivity contribution in [3.8, 4) is 11.8 Å². The van der Waals surface area contributed by atoms with Crippen molar-refractivity contribution >= 4 is 0 Å². The van der Waals surface area contributed by atoms with E-state index in [-0.39, 0.29) is 0 Å². The maximum Gasteiger partial charge on any atom is 0.0251 e. The fourth-order valence-electron chi connectivity index (χ4n) is 3.40. The van der Waals surface area contributed by atoms with Crippen LogP contribution in [0.4, 0.5) is 0 Å². The predicted molar refractivity (Wildman–Crippen MR) is 116 cm³/mol. The summed E-state index contributed by atoms with van der Waals surface area (Å²) in [7, 11) is 0. The van der Waals surface area contributed by atoms with Gasteiger partial charge in [0.1, 0.15) is 0 Å². The summed E-state index contributed by atoms with van der Waals surface area (Å²) < 4.78 is 0. The van der Waals surface area contributed by atoms with E-state index >= 15 is 0 Å². The fraction of sp³-hybridized carbons (Fsp3) is 0.692. The standard InChI is InChI=1S/C26H41/c1-2-3-4-5-6-7-8-9-10-11-12-13-14-15-16-17-18-20-23-26-24-21-19-22-25-26/h19,21,24-25H,2-18H2,1H3. The van der Waals surface area contributed by atoms with Crippen molar-refractivity contribution in [2.45, 2.75) is 116 Å². The third-order valence-electron chi connectivity index (χ3n) is 5.10. The molecule has 0 spiro atoms. The summed E-state index contributed by atoms with van der Waals surface area (Å²) in [6.07, 6.45) is 23.8. The van der Waals surface area contributed by atoms with Gasteiger partial charge in [0.05, 0.1) is 0 Å². The Kier molecular flexibility index (Phi) is 16.3. The Hall–Kier alpha value is -1.22. The molecule has 26 heavy (non-hydrogen) atoms. The minimum absolute atomic E-state index is 1.04. The zero-order chi connectivity index (χ0) is 18.5. The summed E-state index contributed by atoms with van der Waals surface area (Å²) in [4.78, 5) is 0. The smallest absolute Gasteiger partial charge is 0.0251 e. The largest absolute Gasteiger partial charge is 0.0979 e. The molecule has 0 heterocycles. The first-order valence-electron chi connectivity index (χ1n) is 11.4. The topological polar surface area (TPSA) is 0 Å². The quantitative estimate of drug-likeness (QED) is 0.206. The molecule has 0 saturated heterocycles. The molecule has 0 bridgehead atoms. The van der Waals surface area contributed by atoms with Crippen molar-refractivity contribution in [1.29, 1.82) is 0 Å². The van der Waals surface area contributed by atoms with Crippen LogP contribution >= 0.6 is 0 Å². The second-order valence-corrected chi connectivity index (χ2v) is 7.65. The Morgan fingerprint density at radius 2 is 1.19 bits per heavy atom. The van der Waals surface area contributed by atoms with Crippen molar-refractivity contribution in [3.05, 3.63) is 35.9 Å². The lowest BCUT2D eigenvalue weighted by molar-refractivity contribution is 0.530. The van der Waals surface area contributed by atoms with Gasteiger partial charge in [-0.05, 0) is 24.6 Å². The van der Waals surface area contributed by atoms with Crippen LogP contribution in [-0.4, -0.2) is 0 Å². The highest BCUT2D eigenvalue weighted by Crippen LogP contribution is 2.13. The lowest BCUT2D eigenvalue weighted by Gasteiger charge is -2.03. The highest BCUT2D eigenvalue weighted by atomic mass is 14.0. The first-order valence-corrected chi connectivity index (χ1v) is 11.4. The van der Waals surface area contributed by atoms with Gasteiger partial charge in [0.25, 0.3) is 0 Å². The second-order valence-electron chi connectivity index (χ2n) is 7.65. The summed E-state index contributed by atoms with van der Waals surface area (Å²) in [6, 6.07) is 11.0. The summed E-state index contributed by atoms with van der Waals surface area (Å²) >= 11 is 0. The average molecular weight is 354 g/mol. The molecule has 0 fully saturated rings. The number of hydrogen-bond donors (Lipinski definition) is 0. The molecule has 0 heteroatoms. The van der Waals surface area contributed by atoms with E-state index in [2.05, 4.69) is 30.9 Å². The highest BCUT2D eigenvalue weighted by Gasteiger charge is 1.94. The average Bonchev–Trinajstić information content (AvgIpc) is 2.68. The van der Waals surface area contributed by atoms with Crippen LogP contribution in [0.25, 0.3) is 0 Å². The van der Waals surface area contributed by atoms with Gasteiger partial charge in [-0.15, -0.1) is 0 Å². The van der Waals surface area contributed by atoms with E-state index in [0.717, 1.165) is 12.0 Å². The SMILES string of the molecule is CCCCCCCCCCCCCCCCCCC#Cc1c[c]ccc1. The van der Waals surface area contributed by atoms with Gasteiger partial charge in [-0.2, -0.15) is 0 Å². The van der Waals surface area contributed by atoms with Crippen molar-refractivity contribution in [2.24, 2.45) is 0 Å². The maximum atomic E-state index is 3.28. The molecule has 0 unspecified atom stereocenters. The molecule has 0 N–H and O–H groups in total. The maximum absolute atomic E-state index is 3.28. The molecule has 0 aliphatic heterocycles. The molecule has 1 rings (SSSR count). The van der Waals surface area contributed by atoms with Gasteiger partial charge in [0.2, 0.25) is 0 Å². The predicted octanol–water partition coefficient (Wildman–Crippen LogP) is 8.49. The number of benzene rings is 1. The van der Waals surface area contributed by atoms with Crippen molar-refractivity contribution in [1.82, 2.24) is 0 Å². The summed E-state index contributed by atoms with van der Waals surface area (Å²) in [5, 5.41) is 0. The molecule has 1 radical (unpaired) electrons. The summed E-state index contributed by atoms with van der Waals surface area (Å²) in [5.41, 5.74) is 1.09. The number of hydrogen-bond acceptors (Lipinski definition) is 0. The Morgan fingerprint density at radius 3 is 1.65 bits per heavy atom. The molecule has 0 nitrogen and oxygen atoms in total. The van der Waals surface area contributed by atoms with Crippen molar-refractivity contribution in [3.63, 3.8) is 0 Å². The van der Waals surface area contributed by atoms with Crippen LogP contribution in [0.2, 0.25) is 0 Å². The Labute approximate surface area is 164 Å². The first kappa shape index (κ1) is 22.8. The van der Waals surface area contributed by atoms with Gasteiger partial charge in [0, 0.05) is 12.0 Å². The third kappa shape index (κ3) is 15.1. The zero-order valence-electron chi connectivity index (χ0n) is 17.3. The van der Waals surface area contributed by atoms with Crippen molar-refractivity contribution in [2.75, 3.05) is 0 Å². The molecular formula is C26H41. The van der Waals surface area contributed by atoms with Crippen LogP contribution < -0.4 is 0 Å². The molecule has 145 valence electrons. The molecule has 0 aliphatic rings. The van der Waals surface area contributed by atoms with Gasteiger partial charge < -0.3 is 0 Å². The van der Waals surface area contributed by atoms with Crippen LogP contribution in [0.5, 0.6) is 0 Å². The van der Waals surface area contributed by atoms with Crippen LogP contribution in [0.1, 0.15) is 122 Å². The van der Waals surface area contributed by atoms with Crippen LogP contribution in [0.3, 0.4) is 0 Å². The minimum Gasteiger partial charge on any atom is -0.0979 e. The van der Waals surface area contributed by atoms with E-state index < -0.39 is 0 Å². The van der Waals surface area contributed by atoms with E-state index in [9.17, 15) is 0 Å². The van der Waals surface area contributed by atoms with Gasteiger partial charge in [0.15, 0.2) is 0 Å². The summed E-state index contributed by atoms with van der Waals surface area (Å²) in [6.45, 7) is 2.29. The number of unbranched alkanes of at least 4 members (excludes halogenated alkanes) is 16. The van der Waals surface area contributed by atoms with E-state index in [1.54, 1.807) is 0 Å².